The monoisotopic (exact) mass is 284 g/mol. The molecule has 4 nitrogen and oxygen atoms in total. The predicted molar refractivity (Wildman–Crippen MR) is 71.3 cm³/mol. The van der Waals surface area contributed by atoms with Gasteiger partial charge in [0.15, 0.2) is 5.82 Å². The van der Waals surface area contributed by atoms with Crippen molar-refractivity contribution in [3.63, 3.8) is 0 Å². The molecule has 2 N–H and O–H groups in total. The summed E-state index contributed by atoms with van der Waals surface area (Å²) in [5.41, 5.74) is 4.67. The van der Waals surface area contributed by atoms with E-state index in [1.165, 1.54) is 4.90 Å². The third-order valence-electron chi connectivity index (χ3n) is 3.52. The van der Waals surface area contributed by atoms with Crippen molar-refractivity contribution in [2.24, 2.45) is 5.92 Å². The molecule has 1 aliphatic heterocycles. The second-order valence-electron chi connectivity index (χ2n) is 5.10. The van der Waals surface area contributed by atoms with E-state index in [9.17, 15) is 13.6 Å². The molecule has 1 saturated heterocycles. The van der Waals surface area contributed by atoms with Crippen LogP contribution in [0.1, 0.15) is 23.2 Å². The minimum Gasteiger partial charge on any atom is -0.396 e. The Hall–Kier alpha value is -1.69. The van der Waals surface area contributed by atoms with Crippen LogP contribution < -0.4 is 5.73 Å². The molecule has 1 fully saturated rings. The van der Waals surface area contributed by atoms with Gasteiger partial charge in [0.05, 0.1) is 11.3 Å². The fourth-order valence-corrected chi connectivity index (χ4v) is 2.37. The SMILES string of the molecule is CN(CC1CCOCC1)C(=O)c1cc(F)cc(N)c1F. The van der Waals surface area contributed by atoms with E-state index in [0.717, 1.165) is 25.0 Å². The molecule has 1 amide bonds. The van der Waals surface area contributed by atoms with Crippen molar-refractivity contribution in [2.75, 3.05) is 32.5 Å². The molecule has 0 aliphatic carbocycles. The summed E-state index contributed by atoms with van der Waals surface area (Å²) in [5, 5.41) is 0. The van der Waals surface area contributed by atoms with E-state index in [0.29, 0.717) is 25.7 Å². The number of carbonyl (C=O) groups is 1. The molecule has 2 rings (SSSR count). The van der Waals surface area contributed by atoms with E-state index in [1.54, 1.807) is 7.05 Å². The Kier molecular flexibility index (Phi) is 4.54. The molecule has 0 saturated carbocycles. The van der Waals surface area contributed by atoms with Crippen molar-refractivity contribution < 1.29 is 18.3 Å². The van der Waals surface area contributed by atoms with Gasteiger partial charge in [0.2, 0.25) is 0 Å². The highest BCUT2D eigenvalue weighted by Crippen LogP contribution is 2.21. The molecule has 110 valence electrons. The summed E-state index contributed by atoms with van der Waals surface area (Å²) in [5.74, 6) is -1.81. The zero-order valence-electron chi connectivity index (χ0n) is 11.4. The van der Waals surface area contributed by atoms with Gasteiger partial charge in [0, 0.05) is 26.8 Å². The van der Waals surface area contributed by atoms with Crippen LogP contribution in [0, 0.1) is 17.6 Å². The number of benzene rings is 1. The number of nitrogens with two attached hydrogens (primary N) is 1. The number of nitrogen functional groups attached to an aromatic ring is 1. The second kappa shape index (κ2) is 6.17. The minimum absolute atomic E-state index is 0.322. The maximum absolute atomic E-state index is 13.8. The van der Waals surface area contributed by atoms with Gasteiger partial charge in [-0.3, -0.25) is 4.79 Å². The van der Waals surface area contributed by atoms with E-state index in [1.807, 2.05) is 0 Å². The van der Waals surface area contributed by atoms with Crippen molar-refractivity contribution >= 4 is 11.6 Å². The van der Waals surface area contributed by atoms with E-state index in [4.69, 9.17) is 10.5 Å². The Morgan fingerprint density at radius 1 is 1.40 bits per heavy atom. The van der Waals surface area contributed by atoms with Gasteiger partial charge < -0.3 is 15.4 Å². The summed E-state index contributed by atoms with van der Waals surface area (Å²) in [6.45, 7) is 1.85. The van der Waals surface area contributed by atoms with Gasteiger partial charge in [0.25, 0.3) is 5.91 Å². The van der Waals surface area contributed by atoms with Crippen LogP contribution in [-0.4, -0.2) is 37.6 Å². The lowest BCUT2D eigenvalue weighted by Gasteiger charge is -2.27. The van der Waals surface area contributed by atoms with Crippen LogP contribution in [0.3, 0.4) is 0 Å². The Labute approximate surface area is 116 Å². The number of hydrogen-bond acceptors (Lipinski definition) is 3. The Morgan fingerprint density at radius 2 is 2.05 bits per heavy atom. The predicted octanol–water partition coefficient (Wildman–Crippen LogP) is 2.05. The van der Waals surface area contributed by atoms with Gasteiger partial charge in [-0.15, -0.1) is 0 Å². The Bertz CT molecular complexity index is 502. The van der Waals surface area contributed by atoms with E-state index in [-0.39, 0.29) is 11.3 Å². The molecular formula is C14H18F2N2O2. The fourth-order valence-electron chi connectivity index (χ4n) is 2.37. The van der Waals surface area contributed by atoms with Crippen LogP contribution in [0.2, 0.25) is 0 Å². The van der Waals surface area contributed by atoms with Crippen molar-refractivity contribution in [3.05, 3.63) is 29.3 Å². The quantitative estimate of drug-likeness (QED) is 0.864. The Morgan fingerprint density at radius 3 is 2.70 bits per heavy atom. The van der Waals surface area contributed by atoms with Crippen molar-refractivity contribution in [2.45, 2.75) is 12.8 Å². The molecule has 1 aromatic carbocycles. The third kappa shape index (κ3) is 3.25. The van der Waals surface area contributed by atoms with Crippen LogP contribution >= 0.6 is 0 Å². The van der Waals surface area contributed by atoms with Gasteiger partial charge in [-0.2, -0.15) is 0 Å². The van der Waals surface area contributed by atoms with Crippen molar-refractivity contribution in [1.29, 1.82) is 0 Å². The fraction of sp³-hybridized carbons (Fsp3) is 0.500. The standard InChI is InChI=1S/C14H18F2N2O2/c1-18(8-9-2-4-20-5-3-9)14(19)11-6-10(15)7-12(17)13(11)16/h6-7,9H,2-5,8,17H2,1H3. The number of carbonyl (C=O) groups excluding carboxylic acids is 1. The summed E-state index contributed by atoms with van der Waals surface area (Å²) < 4.78 is 32.3. The number of anilines is 1. The maximum atomic E-state index is 13.8. The molecule has 1 aromatic rings. The highest BCUT2D eigenvalue weighted by Gasteiger charge is 2.23. The first-order valence-electron chi connectivity index (χ1n) is 6.56. The molecule has 6 heteroatoms. The van der Waals surface area contributed by atoms with E-state index in [2.05, 4.69) is 0 Å². The molecule has 0 bridgehead atoms. The molecular weight excluding hydrogens is 266 g/mol. The summed E-state index contributed by atoms with van der Waals surface area (Å²) >= 11 is 0. The highest BCUT2D eigenvalue weighted by atomic mass is 19.1. The molecule has 0 unspecified atom stereocenters. The lowest BCUT2D eigenvalue weighted by atomic mass is 9.99. The summed E-state index contributed by atoms with van der Waals surface area (Å²) in [7, 11) is 1.58. The summed E-state index contributed by atoms with van der Waals surface area (Å²) in [4.78, 5) is 13.6. The van der Waals surface area contributed by atoms with Crippen molar-refractivity contribution in [1.82, 2.24) is 4.90 Å². The first-order valence-corrected chi connectivity index (χ1v) is 6.56. The van der Waals surface area contributed by atoms with E-state index >= 15 is 0 Å². The normalized spacial score (nSPS) is 16.1. The van der Waals surface area contributed by atoms with Gasteiger partial charge in [0.1, 0.15) is 5.82 Å². The average Bonchev–Trinajstić information content (AvgIpc) is 2.43. The number of ether oxygens (including phenoxy) is 1. The summed E-state index contributed by atoms with van der Waals surface area (Å²) in [6, 6.07) is 1.75. The smallest absolute Gasteiger partial charge is 0.256 e. The molecule has 1 heterocycles. The zero-order valence-corrected chi connectivity index (χ0v) is 11.4. The van der Waals surface area contributed by atoms with Gasteiger partial charge in [-0.1, -0.05) is 0 Å². The van der Waals surface area contributed by atoms with Crippen molar-refractivity contribution in [3.8, 4) is 0 Å². The van der Waals surface area contributed by atoms with Crippen LogP contribution in [-0.2, 0) is 4.74 Å². The largest absolute Gasteiger partial charge is 0.396 e. The molecule has 1 aliphatic rings. The second-order valence-corrected chi connectivity index (χ2v) is 5.10. The number of nitrogens with zero attached hydrogens (tertiary/aromatic N) is 1. The first kappa shape index (κ1) is 14.7. The van der Waals surface area contributed by atoms with Crippen LogP contribution in [0.25, 0.3) is 0 Å². The van der Waals surface area contributed by atoms with Gasteiger partial charge >= 0.3 is 0 Å². The topological polar surface area (TPSA) is 55.6 Å². The number of rotatable bonds is 3. The van der Waals surface area contributed by atoms with Gasteiger partial charge in [-0.25, -0.2) is 8.78 Å². The average molecular weight is 284 g/mol. The highest BCUT2D eigenvalue weighted by molar-refractivity contribution is 5.95. The number of halogens is 2. The lowest BCUT2D eigenvalue weighted by molar-refractivity contribution is 0.0495. The first-order chi connectivity index (χ1) is 9.49. The molecule has 0 radical (unpaired) electrons. The molecule has 20 heavy (non-hydrogen) atoms. The minimum atomic E-state index is -0.866. The van der Waals surface area contributed by atoms with Crippen LogP contribution in [0.5, 0.6) is 0 Å². The van der Waals surface area contributed by atoms with E-state index < -0.39 is 17.5 Å². The number of hydrogen-bond donors (Lipinski definition) is 1. The Balaban J connectivity index is 2.10. The van der Waals surface area contributed by atoms with Gasteiger partial charge in [-0.05, 0) is 30.9 Å². The van der Waals surface area contributed by atoms with Crippen LogP contribution in [0.15, 0.2) is 12.1 Å². The molecule has 0 aromatic heterocycles. The maximum Gasteiger partial charge on any atom is 0.256 e. The molecule has 0 spiro atoms. The lowest BCUT2D eigenvalue weighted by Crippen LogP contribution is -2.34. The molecule has 0 atom stereocenters. The number of amides is 1. The zero-order chi connectivity index (χ0) is 14.7. The summed E-state index contributed by atoms with van der Waals surface area (Å²) in [6.07, 6.45) is 1.73. The third-order valence-corrected chi connectivity index (χ3v) is 3.52. The van der Waals surface area contributed by atoms with Crippen LogP contribution in [0.4, 0.5) is 14.5 Å².